The minimum atomic E-state index is -4.31. The van der Waals surface area contributed by atoms with Crippen molar-refractivity contribution in [1.82, 2.24) is 4.98 Å². The van der Waals surface area contributed by atoms with E-state index in [1.54, 1.807) is 23.7 Å². The Morgan fingerprint density at radius 1 is 1.27 bits per heavy atom. The Balaban J connectivity index is 1.76. The monoisotopic (exact) mass is 400 g/mol. The summed E-state index contributed by atoms with van der Waals surface area (Å²) in [6.07, 6.45) is 6.88. The van der Waals surface area contributed by atoms with E-state index in [9.17, 15) is 18.0 Å². The zero-order valence-corrected chi connectivity index (χ0v) is 15.6. The Labute approximate surface area is 158 Å². The van der Waals surface area contributed by atoms with Crippen molar-refractivity contribution in [3.8, 4) is 0 Å². The van der Waals surface area contributed by atoms with E-state index in [2.05, 4.69) is 10.3 Å². The summed E-state index contributed by atoms with van der Waals surface area (Å²) in [6, 6.07) is 6.14. The quantitative estimate of drug-likeness (QED) is 0.600. The largest absolute Gasteiger partial charge is 0.446 e. The average Bonchev–Trinajstić information content (AvgIpc) is 3.25. The standard InChI is InChI=1S/C18H19F3N2OS2/c19-18(20,21)26-14-7-5-13(6-8-14)15(11-12-3-1-2-4-12)16(24)23-17-22-9-10-25-17/h5-10,12,15H,1-4,11H2,(H,22,23,24). The van der Waals surface area contributed by atoms with Crippen LogP contribution in [0.3, 0.4) is 0 Å². The summed E-state index contributed by atoms with van der Waals surface area (Å²) in [5.41, 5.74) is -3.56. The second kappa shape index (κ2) is 8.43. The molecule has 26 heavy (non-hydrogen) atoms. The molecule has 0 saturated heterocycles. The Bertz CT molecular complexity index is 711. The molecule has 2 aromatic rings. The van der Waals surface area contributed by atoms with Crippen LogP contribution in [-0.2, 0) is 4.79 Å². The number of rotatable bonds is 6. The summed E-state index contributed by atoms with van der Waals surface area (Å²) >= 11 is 1.20. The number of alkyl halides is 3. The fourth-order valence-electron chi connectivity index (χ4n) is 3.35. The van der Waals surface area contributed by atoms with E-state index in [-0.39, 0.29) is 28.5 Å². The van der Waals surface area contributed by atoms with Gasteiger partial charge in [0, 0.05) is 16.5 Å². The topological polar surface area (TPSA) is 42.0 Å². The fourth-order valence-corrected chi connectivity index (χ4v) is 4.42. The third-order valence-corrected chi connectivity index (χ3v) is 5.97. The third-order valence-electron chi connectivity index (χ3n) is 4.54. The SMILES string of the molecule is O=C(Nc1nccs1)C(CC1CCCC1)c1ccc(SC(F)(F)F)cc1. The van der Waals surface area contributed by atoms with E-state index in [0.717, 1.165) is 18.4 Å². The van der Waals surface area contributed by atoms with Gasteiger partial charge >= 0.3 is 5.51 Å². The molecule has 1 unspecified atom stereocenters. The highest BCUT2D eigenvalue weighted by atomic mass is 32.2. The maximum absolute atomic E-state index is 12.8. The normalized spacial score (nSPS) is 16.6. The molecule has 1 aromatic heterocycles. The van der Waals surface area contributed by atoms with Gasteiger partial charge in [-0.2, -0.15) is 13.2 Å². The first kappa shape index (κ1) is 19.2. The molecule has 1 amide bonds. The lowest BCUT2D eigenvalue weighted by Crippen LogP contribution is -2.23. The van der Waals surface area contributed by atoms with Gasteiger partial charge in [0.25, 0.3) is 0 Å². The van der Waals surface area contributed by atoms with Gasteiger partial charge in [0.1, 0.15) is 0 Å². The number of aromatic nitrogens is 1. The van der Waals surface area contributed by atoms with E-state index >= 15 is 0 Å². The number of thioether (sulfide) groups is 1. The molecule has 3 rings (SSSR count). The molecule has 1 aliphatic rings. The lowest BCUT2D eigenvalue weighted by Gasteiger charge is -2.20. The van der Waals surface area contributed by atoms with Crippen LogP contribution in [0.2, 0.25) is 0 Å². The van der Waals surface area contributed by atoms with Crippen molar-refractivity contribution in [2.45, 2.75) is 48.4 Å². The summed E-state index contributed by atoms with van der Waals surface area (Å²) < 4.78 is 37.5. The maximum Gasteiger partial charge on any atom is 0.446 e. The van der Waals surface area contributed by atoms with Crippen LogP contribution in [-0.4, -0.2) is 16.4 Å². The molecular formula is C18H19F3N2OS2. The number of nitrogens with zero attached hydrogens (tertiary/aromatic N) is 1. The van der Waals surface area contributed by atoms with Gasteiger partial charge in [-0.25, -0.2) is 4.98 Å². The second-order valence-corrected chi connectivity index (χ2v) is 8.42. The summed E-state index contributed by atoms with van der Waals surface area (Å²) in [7, 11) is 0. The summed E-state index contributed by atoms with van der Waals surface area (Å²) in [6.45, 7) is 0. The van der Waals surface area contributed by atoms with Gasteiger partial charge in [0.15, 0.2) is 5.13 Å². The number of carbonyl (C=O) groups is 1. The Hall–Kier alpha value is -1.54. The molecule has 1 heterocycles. The molecule has 1 N–H and O–H groups in total. The van der Waals surface area contributed by atoms with Crippen molar-refractivity contribution in [1.29, 1.82) is 0 Å². The van der Waals surface area contributed by atoms with Crippen molar-refractivity contribution in [3.63, 3.8) is 0 Å². The number of nitrogens with one attached hydrogen (secondary N) is 1. The number of benzene rings is 1. The van der Waals surface area contributed by atoms with Gasteiger partial charge in [0.05, 0.1) is 5.92 Å². The average molecular weight is 400 g/mol. The number of hydrogen-bond donors (Lipinski definition) is 1. The number of amides is 1. The molecule has 1 aromatic carbocycles. The molecule has 1 saturated carbocycles. The van der Waals surface area contributed by atoms with Crippen LogP contribution in [0.5, 0.6) is 0 Å². The number of halogens is 3. The van der Waals surface area contributed by atoms with E-state index in [1.807, 2.05) is 0 Å². The van der Waals surface area contributed by atoms with Gasteiger partial charge in [-0.1, -0.05) is 37.8 Å². The van der Waals surface area contributed by atoms with Gasteiger partial charge in [0.2, 0.25) is 5.91 Å². The Kier molecular flexibility index (Phi) is 6.24. The minimum absolute atomic E-state index is 0.126. The van der Waals surface area contributed by atoms with Crippen molar-refractivity contribution in [3.05, 3.63) is 41.4 Å². The lowest BCUT2D eigenvalue weighted by atomic mass is 9.87. The first-order valence-corrected chi connectivity index (χ1v) is 10.2. The predicted octanol–water partition coefficient (Wildman–Crippen LogP) is 6.06. The van der Waals surface area contributed by atoms with E-state index in [4.69, 9.17) is 0 Å². The van der Waals surface area contributed by atoms with Crippen LogP contribution in [0.4, 0.5) is 18.3 Å². The van der Waals surface area contributed by atoms with Crippen LogP contribution in [0.15, 0.2) is 40.7 Å². The third kappa shape index (κ3) is 5.48. The second-order valence-electron chi connectivity index (χ2n) is 6.38. The fraction of sp³-hybridized carbons (Fsp3) is 0.444. The summed E-state index contributed by atoms with van der Waals surface area (Å²) in [5.74, 6) is -0.0544. The van der Waals surface area contributed by atoms with Crippen molar-refractivity contribution < 1.29 is 18.0 Å². The first-order valence-electron chi connectivity index (χ1n) is 8.47. The molecule has 8 heteroatoms. The number of carbonyl (C=O) groups excluding carboxylic acids is 1. The summed E-state index contributed by atoms with van der Waals surface area (Å²) in [5, 5.41) is 5.15. The smallest absolute Gasteiger partial charge is 0.301 e. The highest BCUT2D eigenvalue weighted by molar-refractivity contribution is 8.00. The van der Waals surface area contributed by atoms with Crippen LogP contribution in [0, 0.1) is 5.92 Å². The molecule has 1 fully saturated rings. The van der Waals surface area contributed by atoms with Crippen molar-refractivity contribution >= 4 is 34.1 Å². The Morgan fingerprint density at radius 2 is 1.96 bits per heavy atom. The van der Waals surface area contributed by atoms with E-state index in [0.29, 0.717) is 17.5 Å². The molecule has 0 radical (unpaired) electrons. The molecule has 0 bridgehead atoms. The van der Waals surface area contributed by atoms with Crippen LogP contribution >= 0.6 is 23.1 Å². The lowest BCUT2D eigenvalue weighted by molar-refractivity contribution is -0.118. The van der Waals surface area contributed by atoms with Gasteiger partial charge in [-0.15, -0.1) is 11.3 Å². The molecule has 0 spiro atoms. The molecule has 3 nitrogen and oxygen atoms in total. The highest BCUT2D eigenvalue weighted by Crippen LogP contribution is 2.39. The van der Waals surface area contributed by atoms with Gasteiger partial charge in [-0.3, -0.25) is 4.79 Å². The zero-order chi connectivity index (χ0) is 18.6. The summed E-state index contributed by atoms with van der Waals surface area (Å²) in [4.78, 5) is 17.0. The van der Waals surface area contributed by atoms with Gasteiger partial charge in [-0.05, 0) is 41.8 Å². The van der Waals surface area contributed by atoms with E-state index in [1.165, 1.54) is 36.3 Å². The molecule has 0 aliphatic heterocycles. The van der Waals surface area contributed by atoms with Crippen LogP contribution < -0.4 is 5.32 Å². The zero-order valence-electron chi connectivity index (χ0n) is 14.0. The van der Waals surface area contributed by atoms with Crippen molar-refractivity contribution in [2.24, 2.45) is 5.92 Å². The van der Waals surface area contributed by atoms with Crippen LogP contribution in [0.1, 0.15) is 43.6 Å². The maximum atomic E-state index is 12.8. The number of anilines is 1. The minimum Gasteiger partial charge on any atom is -0.301 e. The van der Waals surface area contributed by atoms with E-state index < -0.39 is 5.51 Å². The Morgan fingerprint density at radius 3 is 2.54 bits per heavy atom. The molecule has 1 aliphatic carbocycles. The molecular weight excluding hydrogens is 381 g/mol. The number of hydrogen-bond acceptors (Lipinski definition) is 4. The molecule has 1 atom stereocenters. The first-order chi connectivity index (χ1) is 12.4. The van der Waals surface area contributed by atoms with Crippen LogP contribution in [0.25, 0.3) is 0 Å². The van der Waals surface area contributed by atoms with Gasteiger partial charge < -0.3 is 5.32 Å². The molecule has 140 valence electrons. The predicted molar refractivity (Wildman–Crippen MR) is 98.4 cm³/mol. The van der Waals surface area contributed by atoms with Crippen molar-refractivity contribution in [2.75, 3.05) is 5.32 Å². The highest BCUT2D eigenvalue weighted by Gasteiger charge is 2.30. The number of thiazole rings is 1.